The fourth-order valence-electron chi connectivity index (χ4n) is 2.50. The average molecular weight is 280 g/mol. The molecule has 0 nitrogen and oxygen atoms in total. The van der Waals surface area contributed by atoms with E-state index in [1.807, 2.05) is 0 Å². The van der Waals surface area contributed by atoms with Crippen molar-refractivity contribution in [1.29, 1.82) is 0 Å². The number of halogens is 2. The van der Waals surface area contributed by atoms with E-state index in [0.717, 1.165) is 23.7 Å². The van der Waals surface area contributed by atoms with Gasteiger partial charge in [0, 0.05) is 0 Å². The molecular weight excluding hydrogens is 268 g/mol. The van der Waals surface area contributed by atoms with Crippen molar-refractivity contribution in [3.8, 4) is 0 Å². The molecule has 0 spiro atoms. The molecule has 3 rings (SSSR count). The molecule has 0 bridgehead atoms. The van der Waals surface area contributed by atoms with Crippen molar-refractivity contribution in [2.75, 3.05) is 0 Å². The van der Waals surface area contributed by atoms with Crippen LogP contribution in [0.5, 0.6) is 0 Å². The van der Waals surface area contributed by atoms with Crippen molar-refractivity contribution in [3.05, 3.63) is 0 Å². The molecule has 0 unspecified atom stereocenters. The van der Waals surface area contributed by atoms with Crippen LogP contribution in [0.4, 0.5) is 0 Å². The van der Waals surface area contributed by atoms with Gasteiger partial charge in [-0.15, -0.1) is 0 Å². The molecule has 2 heteroatoms. The summed E-state index contributed by atoms with van der Waals surface area (Å²) in [6.45, 7) is 0. The highest BCUT2D eigenvalue weighted by Crippen LogP contribution is 2.74. The smallest absolute Gasteiger partial charge is 0.0721 e. The Morgan fingerprint density at radius 3 is 1.45 bits per heavy atom. The molecule has 0 amide bonds. The summed E-state index contributed by atoms with van der Waals surface area (Å²) in [4.78, 5) is 0. The van der Waals surface area contributed by atoms with Crippen molar-refractivity contribution in [3.63, 3.8) is 0 Å². The zero-order chi connectivity index (χ0) is 7.64. The van der Waals surface area contributed by atoms with Crippen LogP contribution in [-0.2, 0) is 0 Å². The summed E-state index contributed by atoms with van der Waals surface area (Å²) in [6, 6.07) is 0. The minimum atomic E-state index is 0.377. The van der Waals surface area contributed by atoms with Crippen LogP contribution >= 0.6 is 31.9 Å². The van der Waals surface area contributed by atoms with E-state index in [-0.39, 0.29) is 0 Å². The zero-order valence-corrected chi connectivity index (χ0v) is 9.57. The Morgan fingerprint density at radius 1 is 0.818 bits per heavy atom. The van der Waals surface area contributed by atoms with Gasteiger partial charge in [-0.3, -0.25) is 0 Å². The van der Waals surface area contributed by atoms with Gasteiger partial charge in [-0.05, 0) is 49.4 Å². The second kappa shape index (κ2) is 2.06. The van der Waals surface area contributed by atoms with Crippen LogP contribution in [0.3, 0.4) is 0 Å². The minimum Gasteiger partial charge on any atom is -0.0721 e. The molecule has 3 aliphatic carbocycles. The average Bonchev–Trinajstić information content (AvgIpc) is 2.60. The van der Waals surface area contributed by atoms with Gasteiger partial charge >= 0.3 is 0 Å². The lowest BCUT2D eigenvalue weighted by molar-refractivity contribution is 0.579. The van der Waals surface area contributed by atoms with Crippen LogP contribution in [0.15, 0.2) is 0 Å². The maximum absolute atomic E-state index is 3.82. The van der Waals surface area contributed by atoms with Crippen LogP contribution in [0.1, 0.15) is 25.7 Å². The van der Waals surface area contributed by atoms with Crippen molar-refractivity contribution < 1.29 is 0 Å². The molecule has 3 aliphatic rings. The lowest BCUT2D eigenvalue weighted by atomic mass is 10.2. The molecule has 3 saturated carbocycles. The summed E-state index contributed by atoms with van der Waals surface area (Å²) >= 11 is 7.63. The Balaban J connectivity index is 1.75. The van der Waals surface area contributed by atoms with Gasteiger partial charge in [0.15, 0.2) is 0 Å². The molecule has 0 aromatic heterocycles. The van der Waals surface area contributed by atoms with Gasteiger partial charge in [-0.1, -0.05) is 31.9 Å². The van der Waals surface area contributed by atoms with E-state index >= 15 is 0 Å². The van der Waals surface area contributed by atoms with Crippen molar-refractivity contribution >= 4 is 31.9 Å². The maximum Gasteiger partial charge on any atom is 0.0873 e. The highest BCUT2D eigenvalue weighted by atomic mass is 79.9. The third-order valence-electron chi connectivity index (χ3n) is 3.43. The highest BCUT2D eigenvalue weighted by Gasteiger charge is 2.70. The summed E-state index contributed by atoms with van der Waals surface area (Å²) in [5.74, 6) is 4.10. The summed E-state index contributed by atoms with van der Waals surface area (Å²) in [5, 5.41) is 0. The summed E-state index contributed by atoms with van der Waals surface area (Å²) < 4.78 is 0.377. The Kier molecular flexibility index (Phi) is 1.38. The largest absolute Gasteiger partial charge is 0.0873 e. The molecule has 0 heterocycles. The molecule has 0 N–H and O–H groups in total. The van der Waals surface area contributed by atoms with Gasteiger partial charge in [-0.2, -0.15) is 0 Å². The number of alkyl halides is 2. The number of hydrogen-bond donors (Lipinski definition) is 0. The van der Waals surface area contributed by atoms with Crippen LogP contribution in [0, 0.1) is 23.7 Å². The van der Waals surface area contributed by atoms with E-state index in [9.17, 15) is 0 Å². The van der Waals surface area contributed by atoms with E-state index in [0.29, 0.717) is 3.23 Å². The second-order valence-corrected chi connectivity index (χ2v) is 8.09. The van der Waals surface area contributed by atoms with E-state index in [1.165, 1.54) is 25.7 Å². The first-order valence-corrected chi connectivity index (χ1v) is 6.17. The van der Waals surface area contributed by atoms with Crippen molar-refractivity contribution in [2.24, 2.45) is 23.7 Å². The quantitative estimate of drug-likeness (QED) is 0.679. The van der Waals surface area contributed by atoms with E-state index in [2.05, 4.69) is 31.9 Å². The molecule has 11 heavy (non-hydrogen) atoms. The summed E-state index contributed by atoms with van der Waals surface area (Å²) in [5.41, 5.74) is 0. The van der Waals surface area contributed by atoms with Crippen molar-refractivity contribution in [1.82, 2.24) is 0 Å². The predicted molar refractivity (Wildman–Crippen MR) is 53.0 cm³/mol. The van der Waals surface area contributed by atoms with E-state index in [4.69, 9.17) is 0 Å². The second-order valence-electron chi connectivity index (χ2n) is 4.40. The van der Waals surface area contributed by atoms with Crippen LogP contribution in [-0.4, -0.2) is 3.23 Å². The predicted octanol–water partition coefficient (Wildman–Crippen LogP) is 3.54. The summed E-state index contributed by atoms with van der Waals surface area (Å²) in [7, 11) is 0. The van der Waals surface area contributed by atoms with E-state index in [1.54, 1.807) is 0 Å². The van der Waals surface area contributed by atoms with Crippen LogP contribution < -0.4 is 0 Å². The molecule has 0 aliphatic heterocycles. The van der Waals surface area contributed by atoms with Gasteiger partial charge < -0.3 is 0 Å². The fourth-order valence-corrected chi connectivity index (χ4v) is 4.87. The van der Waals surface area contributed by atoms with Crippen molar-refractivity contribution in [2.45, 2.75) is 28.9 Å². The first-order valence-electron chi connectivity index (χ1n) is 4.59. The third-order valence-corrected chi connectivity index (χ3v) is 5.54. The Labute approximate surface area is 84.4 Å². The van der Waals surface area contributed by atoms with Gasteiger partial charge in [-0.25, -0.2) is 0 Å². The molecule has 2 atom stereocenters. The number of hydrogen-bond acceptors (Lipinski definition) is 0. The highest BCUT2D eigenvalue weighted by molar-refractivity contribution is 9.25. The fraction of sp³-hybridized carbons (Fsp3) is 1.00. The lowest BCUT2D eigenvalue weighted by Gasteiger charge is -1.94. The molecule has 62 valence electrons. The molecule has 0 aromatic rings. The molecule has 0 saturated heterocycles. The molecule has 0 radical (unpaired) electrons. The van der Waals surface area contributed by atoms with Crippen LogP contribution in [0.25, 0.3) is 0 Å². The lowest BCUT2D eigenvalue weighted by Crippen LogP contribution is -1.89. The molecule has 3 fully saturated rings. The van der Waals surface area contributed by atoms with Gasteiger partial charge in [0.25, 0.3) is 0 Å². The third kappa shape index (κ3) is 1.05. The zero-order valence-electron chi connectivity index (χ0n) is 6.39. The monoisotopic (exact) mass is 278 g/mol. The van der Waals surface area contributed by atoms with Crippen LogP contribution in [0.2, 0.25) is 0 Å². The Bertz CT molecular complexity index is 172. The van der Waals surface area contributed by atoms with E-state index < -0.39 is 0 Å². The Morgan fingerprint density at radius 2 is 1.18 bits per heavy atom. The first-order chi connectivity index (χ1) is 5.21. The Hall–Kier alpha value is 0.960. The molecular formula is C9H12Br2. The van der Waals surface area contributed by atoms with Gasteiger partial charge in [0.05, 0.1) is 3.23 Å². The number of rotatable bonds is 2. The SMILES string of the molecule is BrC1(Br)[C@H](C2CC2)[C@@H]1C1CC1. The maximum atomic E-state index is 3.82. The topological polar surface area (TPSA) is 0 Å². The standard InChI is InChI=1S/C9H12Br2/c10-9(11)7(5-1-2-5)8(9)6-3-4-6/h5-8H,1-4H2/t7-,8+. The molecule has 0 aromatic carbocycles. The minimum absolute atomic E-state index is 0.377. The van der Waals surface area contributed by atoms with Gasteiger partial charge in [0.2, 0.25) is 0 Å². The first kappa shape index (κ1) is 7.37. The summed E-state index contributed by atoms with van der Waals surface area (Å²) in [6.07, 6.45) is 5.97. The van der Waals surface area contributed by atoms with Gasteiger partial charge in [0.1, 0.15) is 0 Å². The normalized spacial score (nSPS) is 47.5.